The highest BCUT2D eigenvalue weighted by Crippen LogP contribution is 2.28. The predicted molar refractivity (Wildman–Crippen MR) is 85.3 cm³/mol. The lowest BCUT2D eigenvalue weighted by Crippen LogP contribution is -1.98. The zero-order chi connectivity index (χ0) is 14.1. The molecular formula is C17H14BrNO. The van der Waals surface area contributed by atoms with Gasteiger partial charge >= 0.3 is 0 Å². The summed E-state index contributed by atoms with van der Waals surface area (Å²) in [4.78, 5) is 0. The van der Waals surface area contributed by atoms with Crippen LogP contribution in [0.2, 0.25) is 0 Å². The largest absolute Gasteiger partial charge is 0.508 e. The first-order valence-electron chi connectivity index (χ1n) is 6.39. The van der Waals surface area contributed by atoms with E-state index in [9.17, 15) is 5.11 Å². The molecule has 2 nitrogen and oxygen atoms in total. The monoisotopic (exact) mass is 327 g/mol. The van der Waals surface area contributed by atoms with Gasteiger partial charge in [-0.25, -0.2) is 0 Å². The van der Waals surface area contributed by atoms with Crippen LogP contribution in [0.15, 0.2) is 65.1 Å². The molecule has 0 aliphatic heterocycles. The molecule has 100 valence electrons. The lowest BCUT2D eigenvalue weighted by molar-refractivity contribution is 0.475. The molecule has 1 aromatic heterocycles. The molecule has 3 heteroatoms. The van der Waals surface area contributed by atoms with E-state index in [-0.39, 0.29) is 5.75 Å². The number of phenols is 1. The predicted octanol–water partition coefficient (Wildman–Crippen LogP) is 4.92. The summed E-state index contributed by atoms with van der Waals surface area (Å²) in [6.07, 6.45) is 0. The van der Waals surface area contributed by atoms with Gasteiger partial charge in [0.25, 0.3) is 0 Å². The first-order chi connectivity index (χ1) is 9.65. The number of benzene rings is 2. The highest BCUT2D eigenvalue weighted by atomic mass is 79.9. The van der Waals surface area contributed by atoms with Crippen molar-refractivity contribution in [2.45, 2.75) is 6.92 Å². The minimum absolute atomic E-state index is 0.284. The Bertz CT molecular complexity index is 727. The van der Waals surface area contributed by atoms with Crippen LogP contribution in [0, 0.1) is 6.92 Å². The second kappa shape index (κ2) is 5.17. The van der Waals surface area contributed by atoms with Crippen LogP contribution in [-0.4, -0.2) is 9.67 Å². The van der Waals surface area contributed by atoms with Gasteiger partial charge in [0.2, 0.25) is 0 Å². The molecule has 0 spiro atoms. The van der Waals surface area contributed by atoms with Crippen molar-refractivity contribution in [2.75, 3.05) is 0 Å². The molecule has 1 N–H and O–H groups in total. The zero-order valence-corrected chi connectivity index (χ0v) is 12.6. The smallest absolute Gasteiger partial charge is 0.115 e. The summed E-state index contributed by atoms with van der Waals surface area (Å²) in [5.74, 6) is 0.284. The van der Waals surface area contributed by atoms with Gasteiger partial charge in [-0.1, -0.05) is 15.9 Å². The number of rotatable bonds is 2. The molecule has 3 rings (SSSR count). The zero-order valence-electron chi connectivity index (χ0n) is 11.0. The standard InChI is InChI=1S/C17H14BrNO/c1-12-2-11-17(13-3-9-16(20)10-4-13)19(12)15-7-5-14(18)6-8-15/h2-11,20H,1H3. The Kier molecular flexibility index (Phi) is 3.36. The third-order valence-electron chi connectivity index (χ3n) is 3.32. The number of phenolic OH excluding ortho intramolecular Hbond substituents is 1. The quantitative estimate of drug-likeness (QED) is 0.710. The fourth-order valence-corrected chi connectivity index (χ4v) is 2.59. The third-order valence-corrected chi connectivity index (χ3v) is 3.85. The van der Waals surface area contributed by atoms with Gasteiger partial charge in [0.05, 0.1) is 5.69 Å². The van der Waals surface area contributed by atoms with E-state index in [4.69, 9.17) is 0 Å². The van der Waals surface area contributed by atoms with Gasteiger partial charge in [0, 0.05) is 15.9 Å². The van der Waals surface area contributed by atoms with Gasteiger partial charge < -0.3 is 9.67 Å². The van der Waals surface area contributed by atoms with E-state index in [0.717, 1.165) is 21.4 Å². The Morgan fingerprint density at radius 1 is 0.850 bits per heavy atom. The van der Waals surface area contributed by atoms with E-state index >= 15 is 0 Å². The second-order valence-electron chi connectivity index (χ2n) is 4.72. The van der Waals surface area contributed by atoms with Crippen LogP contribution in [0.1, 0.15) is 5.69 Å². The molecular weight excluding hydrogens is 314 g/mol. The first-order valence-corrected chi connectivity index (χ1v) is 7.18. The van der Waals surface area contributed by atoms with Crippen molar-refractivity contribution in [3.05, 3.63) is 70.8 Å². The molecule has 0 unspecified atom stereocenters. The number of halogens is 1. The van der Waals surface area contributed by atoms with Gasteiger partial charge in [-0.05, 0) is 73.2 Å². The maximum Gasteiger partial charge on any atom is 0.115 e. The van der Waals surface area contributed by atoms with Gasteiger partial charge in [0.15, 0.2) is 0 Å². The Morgan fingerprint density at radius 3 is 2.15 bits per heavy atom. The number of aryl methyl sites for hydroxylation is 1. The lowest BCUT2D eigenvalue weighted by atomic mass is 10.1. The van der Waals surface area contributed by atoms with Crippen molar-refractivity contribution >= 4 is 15.9 Å². The number of aromatic nitrogens is 1. The van der Waals surface area contributed by atoms with Crippen LogP contribution in [0.4, 0.5) is 0 Å². The van der Waals surface area contributed by atoms with Gasteiger partial charge in [-0.15, -0.1) is 0 Å². The Morgan fingerprint density at radius 2 is 1.50 bits per heavy atom. The molecule has 0 aliphatic rings. The molecule has 20 heavy (non-hydrogen) atoms. The van der Waals surface area contributed by atoms with Crippen molar-refractivity contribution in [3.8, 4) is 22.7 Å². The molecule has 3 aromatic rings. The van der Waals surface area contributed by atoms with Crippen molar-refractivity contribution < 1.29 is 5.11 Å². The summed E-state index contributed by atoms with van der Waals surface area (Å²) in [6.45, 7) is 2.09. The molecule has 0 fully saturated rings. The van der Waals surface area contributed by atoms with Crippen molar-refractivity contribution in [3.63, 3.8) is 0 Å². The van der Waals surface area contributed by atoms with Crippen LogP contribution in [0.25, 0.3) is 16.9 Å². The average molecular weight is 328 g/mol. The van der Waals surface area contributed by atoms with E-state index < -0.39 is 0 Å². The van der Waals surface area contributed by atoms with Crippen LogP contribution in [0.3, 0.4) is 0 Å². The number of hydrogen-bond donors (Lipinski definition) is 1. The Hall–Kier alpha value is -2.00. The maximum atomic E-state index is 9.41. The molecule has 0 bridgehead atoms. The van der Waals surface area contributed by atoms with Crippen LogP contribution in [0.5, 0.6) is 5.75 Å². The van der Waals surface area contributed by atoms with Crippen LogP contribution in [-0.2, 0) is 0 Å². The minimum atomic E-state index is 0.284. The van der Waals surface area contributed by atoms with Gasteiger partial charge in [-0.3, -0.25) is 0 Å². The summed E-state index contributed by atoms with van der Waals surface area (Å²) in [6, 6.07) is 19.7. The fourth-order valence-electron chi connectivity index (χ4n) is 2.33. The van der Waals surface area contributed by atoms with E-state index in [1.807, 2.05) is 24.3 Å². The van der Waals surface area contributed by atoms with Gasteiger partial charge in [0.1, 0.15) is 5.75 Å². The Labute approximate surface area is 126 Å². The molecule has 0 saturated heterocycles. The maximum absolute atomic E-state index is 9.41. The van der Waals surface area contributed by atoms with E-state index in [0.29, 0.717) is 0 Å². The molecule has 0 amide bonds. The van der Waals surface area contributed by atoms with E-state index in [1.54, 1.807) is 12.1 Å². The van der Waals surface area contributed by atoms with Crippen LogP contribution >= 0.6 is 15.9 Å². The first kappa shape index (κ1) is 13.0. The molecule has 2 aromatic carbocycles. The highest BCUT2D eigenvalue weighted by molar-refractivity contribution is 9.10. The molecule has 1 heterocycles. The highest BCUT2D eigenvalue weighted by Gasteiger charge is 2.09. The third kappa shape index (κ3) is 2.37. The summed E-state index contributed by atoms with van der Waals surface area (Å²) in [5.41, 5.74) is 4.50. The lowest BCUT2D eigenvalue weighted by Gasteiger charge is -2.12. The van der Waals surface area contributed by atoms with Crippen LogP contribution < -0.4 is 0 Å². The summed E-state index contributed by atoms with van der Waals surface area (Å²) in [5, 5.41) is 9.41. The topological polar surface area (TPSA) is 25.2 Å². The van der Waals surface area contributed by atoms with E-state index in [1.165, 1.54) is 5.69 Å². The van der Waals surface area contributed by atoms with Gasteiger partial charge in [-0.2, -0.15) is 0 Å². The van der Waals surface area contributed by atoms with Crippen molar-refractivity contribution in [1.82, 2.24) is 4.57 Å². The summed E-state index contributed by atoms with van der Waals surface area (Å²) in [7, 11) is 0. The van der Waals surface area contributed by atoms with Crippen molar-refractivity contribution in [1.29, 1.82) is 0 Å². The average Bonchev–Trinajstić information content (AvgIpc) is 2.83. The molecule has 0 aliphatic carbocycles. The molecule has 0 saturated carbocycles. The normalized spacial score (nSPS) is 10.7. The SMILES string of the molecule is Cc1ccc(-c2ccc(O)cc2)n1-c1ccc(Br)cc1. The van der Waals surface area contributed by atoms with Crippen molar-refractivity contribution in [2.24, 2.45) is 0 Å². The number of nitrogens with zero attached hydrogens (tertiary/aromatic N) is 1. The molecule has 0 atom stereocenters. The molecule has 0 radical (unpaired) electrons. The summed E-state index contributed by atoms with van der Waals surface area (Å²) >= 11 is 3.46. The summed E-state index contributed by atoms with van der Waals surface area (Å²) < 4.78 is 3.27. The fraction of sp³-hybridized carbons (Fsp3) is 0.0588. The minimum Gasteiger partial charge on any atom is -0.508 e. The number of hydrogen-bond acceptors (Lipinski definition) is 1. The van der Waals surface area contributed by atoms with E-state index in [2.05, 4.69) is 51.7 Å². The number of aromatic hydroxyl groups is 1. The second-order valence-corrected chi connectivity index (χ2v) is 5.63. The Balaban J connectivity index is 2.14.